The Morgan fingerprint density at radius 3 is 2.81 bits per heavy atom. The molecule has 0 N–H and O–H groups in total. The lowest BCUT2D eigenvalue weighted by Gasteiger charge is -2.17. The molecule has 0 spiro atoms. The first-order valence-corrected chi connectivity index (χ1v) is 10.8. The number of rotatable bonds is 4. The highest BCUT2D eigenvalue weighted by Crippen LogP contribution is 2.27. The Labute approximate surface area is 155 Å². The summed E-state index contributed by atoms with van der Waals surface area (Å²) in [6.45, 7) is 0.636. The maximum absolute atomic E-state index is 12.4. The summed E-state index contributed by atoms with van der Waals surface area (Å²) in [6, 6.07) is 14.6. The molecule has 1 saturated heterocycles. The number of hydrogen-bond donors (Lipinski definition) is 0. The molecule has 0 bridgehead atoms. The zero-order valence-electron chi connectivity index (χ0n) is 13.9. The van der Waals surface area contributed by atoms with Crippen LogP contribution in [-0.4, -0.2) is 26.7 Å². The fourth-order valence-corrected chi connectivity index (χ4v) is 5.59. The van der Waals surface area contributed by atoms with E-state index in [2.05, 4.69) is 0 Å². The van der Waals surface area contributed by atoms with Crippen LogP contribution in [0.2, 0.25) is 0 Å². The fraction of sp³-hybridized carbons (Fsp3) is 0.211. The topological polar surface area (TPSA) is 63.7 Å². The maximum atomic E-state index is 12.4. The lowest BCUT2D eigenvalue weighted by Crippen LogP contribution is -2.25. The van der Waals surface area contributed by atoms with Gasteiger partial charge in [-0.3, -0.25) is 4.31 Å². The summed E-state index contributed by atoms with van der Waals surface area (Å²) in [6.07, 6.45) is 0.599. The number of thiophene rings is 1. The van der Waals surface area contributed by atoms with Gasteiger partial charge in [0.05, 0.1) is 17.0 Å². The molecule has 2 aromatic carbocycles. The maximum Gasteiger partial charge on any atom is 0.338 e. The number of esters is 1. The first kappa shape index (κ1) is 17.1. The van der Waals surface area contributed by atoms with E-state index in [1.807, 2.05) is 29.6 Å². The summed E-state index contributed by atoms with van der Waals surface area (Å²) in [5, 5.41) is 3.08. The van der Waals surface area contributed by atoms with Gasteiger partial charge < -0.3 is 4.74 Å². The molecule has 1 aliphatic rings. The van der Waals surface area contributed by atoms with Crippen LogP contribution in [0.5, 0.6) is 0 Å². The van der Waals surface area contributed by atoms with Crippen LogP contribution in [0.25, 0.3) is 10.1 Å². The quantitative estimate of drug-likeness (QED) is 0.639. The average molecular weight is 387 g/mol. The van der Waals surface area contributed by atoms with Crippen molar-refractivity contribution in [1.29, 1.82) is 0 Å². The van der Waals surface area contributed by atoms with Crippen molar-refractivity contribution in [3.63, 3.8) is 0 Å². The van der Waals surface area contributed by atoms with E-state index in [4.69, 9.17) is 4.74 Å². The van der Waals surface area contributed by atoms with Crippen molar-refractivity contribution < 1.29 is 17.9 Å². The molecule has 0 radical (unpaired) electrons. The predicted molar refractivity (Wildman–Crippen MR) is 103 cm³/mol. The highest BCUT2D eigenvalue weighted by molar-refractivity contribution is 7.93. The smallest absolute Gasteiger partial charge is 0.338 e. The summed E-state index contributed by atoms with van der Waals surface area (Å²) in [7, 11) is -3.27. The minimum absolute atomic E-state index is 0.146. The van der Waals surface area contributed by atoms with E-state index in [1.54, 1.807) is 35.6 Å². The summed E-state index contributed by atoms with van der Waals surface area (Å²) in [5.74, 6) is -0.314. The molecule has 4 rings (SSSR count). The van der Waals surface area contributed by atoms with Crippen LogP contribution in [0.1, 0.15) is 22.3 Å². The van der Waals surface area contributed by atoms with Gasteiger partial charge in [0.1, 0.15) is 6.61 Å². The molecule has 0 amide bonds. The third-order valence-electron chi connectivity index (χ3n) is 4.39. The molecule has 26 heavy (non-hydrogen) atoms. The minimum Gasteiger partial charge on any atom is -0.457 e. The summed E-state index contributed by atoms with van der Waals surface area (Å²) in [5.41, 5.74) is 1.83. The van der Waals surface area contributed by atoms with Crippen molar-refractivity contribution in [1.82, 2.24) is 0 Å². The summed E-state index contributed by atoms with van der Waals surface area (Å²) in [4.78, 5) is 12.4. The first-order chi connectivity index (χ1) is 12.5. The van der Waals surface area contributed by atoms with Gasteiger partial charge in [-0.05, 0) is 41.5 Å². The molecule has 2 heterocycles. The van der Waals surface area contributed by atoms with Gasteiger partial charge in [-0.25, -0.2) is 13.2 Å². The Bertz CT molecular complexity index is 1070. The van der Waals surface area contributed by atoms with E-state index in [1.165, 1.54) is 4.31 Å². The molecule has 1 aromatic heterocycles. The monoisotopic (exact) mass is 387 g/mol. The van der Waals surface area contributed by atoms with Crippen LogP contribution >= 0.6 is 11.3 Å². The highest BCUT2D eigenvalue weighted by atomic mass is 32.2. The molecule has 1 aliphatic heterocycles. The normalized spacial score (nSPS) is 16.1. The third-order valence-corrected chi connectivity index (χ3v) is 7.27. The van der Waals surface area contributed by atoms with Crippen LogP contribution in [0, 0.1) is 0 Å². The van der Waals surface area contributed by atoms with E-state index in [9.17, 15) is 13.2 Å². The molecule has 5 nitrogen and oxygen atoms in total. The van der Waals surface area contributed by atoms with Crippen molar-refractivity contribution in [2.45, 2.75) is 13.0 Å². The second kappa shape index (κ2) is 6.74. The number of nitrogens with zero attached hydrogens (tertiary/aromatic N) is 1. The molecule has 3 aromatic rings. The Hall–Kier alpha value is -2.38. The van der Waals surface area contributed by atoms with Crippen molar-refractivity contribution in [2.75, 3.05) is 16.6 Å². The van der Waals surface area contributed by atoms with E-state index in [-0.39, 0.29) is 12.4 Å². The van der Waals surface area contributed by atoms with Gasteiger partial charge in [-0.15, -0.1) is 11.3 Å². The van der Waals surface area contributed by atoms with Gasteiger partial charge in [-0.2, -0.15) is 0 Å². The molecule has 1 fully saturated rings. The number of benzene rings is 2. The molecular formula is C19H17NO4S2. The molecule has 0 aliphatic carbocycles. The number of carbonyl (C=O) groups is 1. The van der Waals surface area contributed by atoms with Gasteiger partial charge >= 0.3 is 5.97 Å². The second-order valence-corrected chi connectivity index (χ2v) is 9.05. The van der Waals surface area contributed by atoms with Crippen molar-refractivity contribution >= 4 is 43.1 Å². The Kier molecular flexibility index (Phi) is 4.42. The Balaban J connectivity index is 1.51. The number of sulfonamides is 1. The van der Waals surface area contributed by atoms with Crippen LogP contribution in [0.3, 0.4) is 0 Å². The number of hydrogen-bond acceptors (Lipinski definition) is 5. The van der Waals surface area contributed by atoms with Crippen LogP contribution < -0.4 is 4.31 Å². The van der Waals surface area contributed by atoms with Gasteiger partial charge in [0.2, 0.25) is 10.0 Å². The van der Waals surface area contributed by atoms with Gasteiger partial charge in [0.25, 0.3) is 0 Å². The average Bonchev–Trinajstić information content (AvgIpc) is 3.22. The number of ether oxygens (including phenoxy) is 1. The summed E-state index contributed by atoms with van der Waals surface area (Å²) >= 11 is 1.62. The van der Waals surface area contributed by atoms with Crippen LogP contribution in [-0.2, 0) is 21.4 Å². The van der Waals surface area contributed by atoms with Gasteiger partial charge in [-0.1, -0.05) is 24.3 Å². The molecule has 0 unspecified atom stereocenters. The fourth-order valence-electron chi connectivity index (χ4n) is 3.09. The lowest BCUT2D eigenvalue weighted by atomic mass is 10.2. The zero-order chi connectivity index (χ0) is 18.1. The second-order valence-electron chi connectivity index (χ2n) is 6.13. The molecule has 134 valence electrons. The molecular weight excluding hydrogens is 370 g/mol. The predicted octanol–water partition coefficient (Wildman–Crippen LogP) is 3.80. The number of fused-ring (bicyclic) bond motifs is 1. The number of anilines is 1. The van der Waals surface area contributed by atoms with Crippen molar-refractivity contribution in [2.24, 2.45) is 0 Å². The number of carbonyl (C=O) groups excluding carboxylic acids is 1. The zero-order valence-corrected chi connectivity index (χ0v) is 15.6. The van der Waals surface area contributed by atoms with Crippen LogP contribution in [0.4, 0.5) is 5.69 Å². The Morgan fingerprint density at radius 2 is 2.00 bits per heavy atom. The SMILES string of the molecule is O=C(OCc1csc2ccccc12)c1cccc(N2CCCS2(=O)=O)c1. The van der Waals surface area contributed by atoms with E-state index >= 15 is 0 Å². The van der Waals surface area contributed by atoms with E-state index in [0.29, 0.717) is 24.2 Å². The molecule has 0 saturated carbocycles. The van der Waals surface area contributed by atoms with Gasteiger partial charge in [0.15, 0.2) is 0 Å². The summed E-state index contributed by atoms with van der Waals surface area (Å²) < 4.78 is 32.1. The Morgan fingerprint density at radius 1 is 1.15 bits per heavy atom. The van der Waals surface area contributed by atoms with Crippen LogP contribution in [0.15, 0.2) is 53.9 Å². The lowest BCUT2D eigenvalue weighted by molar-refractivity contribution is 0.0475. The highest BCUT2D eigenvalue weighted by Gasteiger charge is 2.28. The molecule has 7 heteroatoms. The third kappa shape index (κ3) is 3.20. The van der Waals surface area contributed by atoms with E-state index < -0.39 is 16.0 Å². The standard InChI is InChI=1S/C19H17NO4S2/c21-19(24-12-15-13-25-18-8-2-1-7-17(15)18)14-5-3-6-16(11-14)20-9-4-10-26(20,22)23/h1-3,5-8,11,13H,4,9-10,12H2. The first-order valence-electron chi connectivity index (χ1n) is 8.27. The molecule has 0 atom stereocenters. The van der Waals surface area contributed by atoms with Gasteiger partial charge in [0, 0.05) is 16.8 Å². The van der Waals surface area contributed by atoms with Crippen molar-refractivity contribution in [3.05, 3.63) is 65.0 Å². The van der Waals surface area contributed by atoms with E-state index in [0.717, 1.165) is 15.6 Å². The van der Waals surface area contributed by atoms with Crippen molar-refractivity contribution in [3.8, 4) is 0 Å². The largest absolute Gasteiger partial charge is 0.457 e. The minimum atomic E-state index is -3.27.